The van der Waals surface area contributed by atoms with Crippen LogP contribution in [0, 0.1) is 5.92 Å². The third kappa shape index (κ3) is 4.38. The van der Waals surface area contributed by atoms with Gasteiger partial charge in [-0.15, -0.1) is 0 Å². The van der Waals surface area contributed by atoms with Gasteiger partial charge in [0.1, 0.15) is 0 Å². The Morgan fingerprint density at radius 2 is 1.75 bits per heavy atom. The van der Waals surface area contributed by atoms with Gasteiger partial charge in [-0.1, -0.05) is 41.3 Å². The lowest BCUT2D eigenvalue weighted by atomic mass is 9.87. The fourth-order valence-corrected chi connectivity index (χ4v) is 4.15. The number of carbonyl (C=O) groups excluding carboxylic acids is 2. The van der Waals surface area contributed by atoms with Crippen molar-refractivity contribution in [1.29, 1.82) is 0 Å². The van der Waals surface area contributed by atoms with Gasteiger partial charge >= 0.3 is 0 Å². The molecule has 1 aliphatic carbocycles. The highest BCUT2D eigenvalue weighted by Gasteiger charge is 2.29. The number of nitrogens with zero attached hydrogens (tertiary/aromatic N) is 1. The normalized spacial score (nSPS) is 20.0. The Morgan fingerprint density at radius 3 is 2.42 bits per heavy atom. The SMILES string of the molecule is O=C(NC1CCN(C(=O)C2CCCCC2)CC1)c1cccc(Br)c1. The Balaban J connectivity index is 1.48. The van der Waals surface area contributed by atoms with Crippen LogP contribution in [0.25, 0.3) is 0 Å². The number of carbonyl (C=O) groups is 2. The highest BCUT2D eigenvalue weighted by Crippen LogP contribution is 2.26. The van der Waals surface area contributed by atoms with Crippen molar-refractivity contribution in [1.82, 2.24) is 10.2 Å². The summed E-state index contributed by atoms with van der Waals surface area (Å²) in [4.78, 5) is 26.9. The predicted octanol–water partition coefficient (Wildman–Crippen LogP) is 3.75. The summed E-state index contributed by atoms with van der Waals surface area (Å²) in [5.41, 5.74) is 0.671. The fourth-order valence-electron chi connectivity index (χ4n) is 3.75. The number of benzene rings is 1. The first-order valence-corrected chi connectivity index (χ1v) is 9.78. The molecule has 1 aromatic carbocycles. The van der Waals surface area contributed by atoms with Crippen molar-refractivity contribution in [2.45, 2.75) is 51.0 Å². The first-order chi connectivity index (χ1) is 11.6. The maximum atomic E-state index is 12.6. The van der Waals surface area contributed by atoms with E-state index in [1.807, 2.05) is 29.2 Å². The average molecular weight is 393 g/mol. The van der Waals surface area contributed by atoms with Crippen LogP contribution in [0.5, 0.6) is 0 Å². The van der Waals surface area contributed by atoms with Crippen LogP contribution in [0.4, 0.5) is 0 Å². The quantitative estimate of drug-likeness (QED) is 0.851. The first kappa shape index (κ1) is 17.5. The molecule has 1 aliphatic heterocycles. The number of halogens is 1. The number of amides is 2. The Labute approximate surface area is 152 Å². The molecule has 0 bridgehead atoms. The molecular weight excluding hydrogens is 368 g/mol. The molecule has 1 aromatic rings. The van der Waals surface area contributed by atoms with Crippen LogP contribution in [0.1, 0.15) is 55.3 Å². The van der Waals surface area contributed by atoms with E-state index in [2.05, 4.69) is 21.2 Å². The van der Waals surface area contributed by atoms with Crippen LogP contribution >= 0.6 is 15.9 Å². The second kappa shape index (κ2) is 8.15. The third-order valence-electron chi connectivity index (χ3n) is 5.18. The zero-order valence-electron chi connectivity index (χ0n) is 14.0. The van der Waals surface area contributed by atoms with Gasteiger partial charge in [0.2, 0.25) is 5.91 Å². The van der Waals surface area contributed by atoms with Crippen LogP contribution in [0.3, 0.4) is 0 Å². The molecule has 1 heterocycles. The molecule has 4 nitrogen and oxygen atoms in total. The Kier molecular flexibility index (Phi) is 5.93. The van der Waals surface area contributed by atoms with Crippen LogP contribution in [-0.2, 0) is 4.79 Å². The summed E-state index contributed by atoms with van der Waals surface area (Å²) < 4.78 is 0.906. The molecular formula is C19H25BrN2O2. The van der Waals surface area contributed by atoms with Crippen molar-refractivity contribution in [3.8, 4) is 0 Å². The second-order valence-corrected chi connectivity index (χ2v) is 7.83. The average Bonchev–Trinajstić information content (AvgIpc) is 2.62. The van der Waals surface area contributed by atoms with E-state index in [1.54, 1.807) is 0 Å². The number of nitrogens with one attached hydrogen (secondary N) is 1. The van der Waals surface area contributed by atoms with Crippen LogP contribution in [-0.4, -0.2) is 35.8 Å². The summed E-state index contributed by atoms with van der Waals surface area (Å²) in [6.45, 7) is 1.53. The maximum absolute atomic E-state index is 12.6. The molecule has 0 atom stereocenters. The Morgan fingerprint density at radius 1 is 1.04 bits per heavy atom. The predicted molar refractivity (Wildman–Crippen MR) is 97.8 cm³/mol. The van der Waals surface area contributed by atoms with Gasteiger partial charge in [0.05, 0.1) is 0 Å². The Bertz CT molecular complexity index is 591. The molecule has 2 fully saturated rings. The lowest BCUT2D eigenvalue weighted by Crippen LogP contribution is -2.48. The van der Waals surface area contributed by atoms with Gasteiger partial charge in [0.25, 0.3) is 5.91 Å². The highest BCUT2D eigenvalue weighted by molar-refractivity contribution is 9.10. The number of rotatable bonds is 3. The van der Waals surface area contributed by atoms with Crippen LogP contribution in [0.2, 0.25) is 0 Å². The molecule has 1 N–H and O–H groups in total. The summed E-state index contributed by atoms with van der Waals surface area (Å²) >= 11 is 3.39. The van der Waals surface area contributed by atoms with Gasteiger partial charge in [-0.2, -0.15) is 0 Å². The van der Waals surface area contributed by atoms with Crippen molar-refractivity contribution >= 4 is 27.7 Å². The van der Waals surface area contributed by atoms with Crippen LogP contribution < -0.4 is 5.32 Å². The standard InChI is InChI=1S/C19H25BrN2O2/c20-16-8-4-7-15(13-16)18(23)21-17-9-11-22(12-10-17)19(24)14-5-2-1-3-6-14/h4,7-8,13-14,17H,1-3,5-6,9-12H2,(H,21,23). The number of likely N-dealkylation sites (tertiary alicyclic amines) is 1. The van der Waals surface area contributed by atoms with E-state index in [0.717, 1.165) is 43.2 Å². The van der Waals surface area contributed by atoms with Crippen LogP contribution in [0.15, 0.2) is 28.7 Å². The minimum absolute atomic E-state index is 0.0339. The molecule has 130 valence electrons. The van der Waals surface area contributed by atoms with Gasteiger partial charge in [-0.3, -0.25) is 9.59 Å². The van der Waals surface area contributed by atoms with E-state index in [-0.39, 0.29) is 17.9 Å². The molecule has 1 saturated heterocycles. The molecule has 3 rings (SSSR count). The van der Waals surface area contributed by atoms with E-state index in [1.165, 1.54) is 19.3 Å². The third-order valence-corrected chi connectivity index (χ3v) is 5.68. The maximum Gasteiger partial charge on any atom is 0.251 e. The minimum Gasteiger partial charge on any atom is -0.349 e. The molecule has 2 aliphatic rings. The van der Waals surface area contributed by atoms with E-state index >= 15 is 0 Å². The Hall–Kier alpha value is -1.36. The van der Waals surface area contributed by atoms with E-state index in [0.29, 0.717) is 11.5 Å². The molecule has 2 amide bonds. The van der Waals surface area contributed by atoms with E-state index in [9.17, 15) is 9.59 Å². The lowest BCUT2D eigenvalue weighted by molar-refractivity contribution is -0.137. The molecule has 5 heteroatoms. The van der Waals surface area contributed by atoms with Gasteiger partial charge in [0, 0.05) is 35.1 Å². The van der Waals surface area contributed by atoms with E-state index in [4.69, 9.17) is 0 Å². The smallest absolute Gasteiger partial charge is 0.251 e. The molecule has 0 spiro atoms. The number of hydrogen-bond acceptors (Lipinski definition) is 2. The van der Waals surface area contributed by atoms with Gasteiger partial charge in [-0.05, 0) is 43.9 Å². The second-order valence-electron chi connectivity index (χ2n) is 6.92. The highest BCUT2D eigenvalue weighted by atomic mass is 79.9. The molecule has 0 radical (unpaired) electrons. The summed E-state index contributed by atoms with van der Waals surface area (Å²) in [5.74, 6) is 0.548. The molecule has 24 heavy (non-hydrogen) atoms. The number of hydrogen-bond donors (Lipinski definition) is 1. The van der Waals surface area contributed by atoms with Gasteiger partial charge in [-0.25, -0.2) is 0 Å². The largest absolute Gasteiger partial charge is 0.349 e. The number of piperidine rings is 1. The van der Waals surface area contributed by atoms with Crippen molar-refractivity contribution in [2.24, 2.45) is 5.92 Å². The summed E-state index contributed by atoms with van der Waals surface area (Å²) in [6.07, 6.45) is 7.45. The first-order valence-electron chi connectivity index (χ1n) is 8.99. The zero-order valence-corrected chi connectivity index (χ0v) is 15.6. The monoisotopic (exact) mass is 392 g/mol. The van der Waals surface area contributed by atoms with Crippen molar-refractivity contribution < 1.29 is 9.59 Å². The molecule has 1 saturated carbocycles. The summed E-state index contributed by atoms with van der Waals surface area (Å²) in [6, 6.07) is 7.59. The zero-order chi connectivity index (χ0) is 16.9. The molecule has 0 unspecified atom stereocenters. The van der Waals surface area contributed by atoms with Gasteiger partial charge < -0.3 is 10.2 Å². The fraction of sp³-hybridized carbons (Fsp3) is 0.579. The van der Waals surface area contributed by atoms with E-state index < -0.39 is 0 Å². The van der Waals surface area contributed by atoms with Gasteiger partial charge in [0.15, 0.2) is 0 Å². The van der Waals surface area contributed by atoms with Crippen molar-refractivity contribution in [2.75, 3.05) is 13.1 Å². The summed E-state index contributed by atoms with van der Waals surface area (Å²) in [7, 11) is 0. The molecule has 0 aromatic heterocycles. The topological polar surface area (TPSA) is 49.4 Å². The lowest BCUT2D eigenvalue weighted by Gasteiger charge is -2.35. The van der Waals surface area contributed by atoms with Crippen molar-refractivity contribution in [3.05, 3.63) is 34.3 Å². The summed E-state index contributed by atoms with van der Waals surface area (Å²) in [5, 5.41) is 3.10. The minimum atomic E-state index is -0.0339. The van der Waals surface area contributed by atoms with Crippen molar-refractivity contribution in [3.63, 3.8) is 0 Å².